The molecule has 0 aliphatic carbocycles. The summed E-state index contributed by atoms with van der Waals surface area (Å²) in [6.45, 7) is 0.841. The van der Waals surface area contributed by atoms with Gasteiger partial charge in [-0.05, 0) is 30.3 Å². The zero-order valence-electron chi connectivity index (χ0n) is 16.7. The van der Waals surface area contributed by atoms with Crippen molar-refractivity contribution in [2.45, 2.75) is 13.2 Å². The van der Waals surface area contributed by atoms with Crippen molar-refractivity contribution in [3.05, 3.63) is 71.4 Å². The first-order chi connectivity index (χ1) is 15.1. The number of pyridine rings is 1. The van der Waals surface area contributed by atoms with Gasteiger partial charge in [-0.2, -0.15) is 0 Å². The van der Waals surface area contributed by atoms with Crippen molar-refractivity contribution in [1.29, 1.82) is 0 Å². The molecule has 0 bridgehead atoms. The zero-order valence-corrected chi connectivity index (χ0v) is 16.7. The van der Waals surface area contributed by atoms with E-state index in [1.165, 1.54) is 6.07 Å². The highest BCUT2D eigenvalue weighted by Gasteiger charge is 2.15. The SMILES string of the molecule is C#Cc1cccc(-c2cc(-c3cn(Cc4cccc(COC)n4)nn3)nc(N)n2)c1F. The lowest BCUT2D eigenvalue weighted by Gasteiger charge is -2.07. The standard InChI is InChI=1S/C22H18FN7O/c1-3-14-6-4-9-17(21(14)23)18-10-19(27-22(24)26-18)20-12-30(29-28-20)11-15-7-5-8-16(25-15)13-31-2/h1,4-10,12H,11,13H2,2H3,(H2,24,26,27). The number of nitrogens with two attached hydrogens (primary N) is 1. The second-order valence-electron chi connectivity index (χ2n) is 6.66. The zero-order chi connectivity index (χ0) is 21.8. The molecule has 2 N–H and O–H groups in total. The van der Waals surface area contributed by atoms with Crippen molar-refractivity contribution in [3.63, 3.8) is 0 Å². The minimum absolute atomic E-state index is 0.0125. The Hall–Kier alpha value is -4.16. The van der Waals surface area contributed by atoms with Gasteiger partial charge in [0.2, 0.25) is 5.95 Å². The van der Waals surface area contributed by atoms with Crippen LogP contribution in [0.25, 0.3) is 22.6 Å². The van der Waals surface area contributed by atoms with Gasteiger partial charge < -0.3 is 10.5 Å². The third kappa shape index (κ3) is 4.39. The predicted molar refractivity (Wildman–Crippen MR) is 113 cm³/mol. The summed E-state index contributed by atoms with van der Waals surface area (Å²) >= 11 is 0. The van der Waals surface area contributed by atoms with Gasteiger partial charge in [-0.15, -0.1) is 11.5 Å². The van der Waals surface area contributed by atoms with E-state index in [0.717, 1.165) is 11.4 Å². The molecule has 0 unspecified atom stereocenters. The lowest BCUT2D eigenvalue weighted by molar-refractivity contribution is 0.181. The minimum Gasteiger partial charge on any atom is -0.378 e. The number of rotatable bonds is 6. The minimum atomic E-state index is -0.542. The van der Waals surface area contributed by atoms with Crippen LogP contribution in [0.15, 0.2) is 48.7 Å². The molecule has 0 aliphatic heterocycles. The van der Waals surface area contributed by atoms with E-state index in [0.29, 0.717) is 30.2 Å². The number of halogens is 1. The van der Waals surface area contributed by atoms with Gasteiger partial charge in [0.25, 0.3) is 0 Å². The van der Waals surface area contributed by atoms with E-state index in [1.807, 2.05) is 18.2 Å². The Labute approximate surface area is 177 Å². The van der Waals surface area contributed by atoms with Crippen molar-refractivity contribution >= 4 is 5.95 Å². The summed E-state index contributed by atoms with van der Waals surface area (Å²) in [6, 6.07) is 12.0. The quantitative estimate of drug-likeness (QED) is 0.483. The van der Waals surface area contributed by atoms with Gasteiger partial charge in [0, 0.05) is 12.7 Å². The summed E-state index contributed by atoms with van der Waals surface area (Å²) in [4.78, 5) is 12.9. The van der Waals surface area contributed by atoms with Crippen LogP contribution in [0.3, 0.4) is 0 Å². The molecule has 3 heterocycles. The highest BCUT2D eigenvalue weighted by atomic mass is 19.1. The number of hydrogen-bond donors (Lipinski definition) is 1. The van der Waals surface area contributed by atoms with E-state index >= 15 is 0 Å². The molecule has 0 radical (unpaired) electrons. The molecule has 0 fully saturated rings. The monoisotopic (exact) mass is 415 g/mol. The van der Waals surface area contributed by atoms with E-state index < -0.39 is 5.82 Å². The number of terminal acetylenes is 1. The summed E-state index contributed by atoms with van der Waals surface area (Å²) in [5.41, 5.74) is 9.07. The van der Waals surface area contributed by atoms with Crippen LogP contribution in [0.2, 0.25) is 0 Å². The number of ether oxygens (including phenoxy) is 1. The third-order valence-corrected chi connectivity index (χ3v) is 4.46. The van der Waals surface area contributed by atoms with Crippen molar-refractivity contribution in [3.8, 4) is 35.0 Å². The Kier molecular flexibility index (Phi) is 5.64. The highest BCUT2D eigenvalue weighted by molar-refractivity contribution is 5.68. The summed E-state index contributed by atoms with van der Waals surface area (Å²) in [5.74, 6) is 1.76. The first-order valence-corrected chi connectivity index (χ1v) is 9.31. The molecule has 8 nitrogen and oxygen atoms in total. The molecule has 1 aromatic carbocycles. The second-order valence-corrected chi connectivity index (χ2v) is 6.66. The van der Waals surface area contributed by atoms with Gasteiger partial charge in [0.05, 0.1) is 47.7 Å². The van der Waals surface area contributed by atoms with Gasteiger partial charge >= 0.3 is 0 Å². The maximum absolute atomic E-state index is 14.7. The smallest absolute Gasteiger partial charge is 0.221 e. The fraction of sp³-hybridized carbons (Fsp3) is 0.136. The van der Waals surface area contributed by atoms with Gasteiger partial charge in [-0.1, -0.05) is 23.3 Å². The van der Waals surface area contributed by atoms with Crippen LogP contribution in [0.4, 0.5) is 10.3 Å². The molecule has 9 heteroatoms. The first-order valence-electron chi connectivity index (χ1n) is 9.31. The van der Waals surface area contributed by atoms with Gasteiger partial charge in [0.1, 0.15) is 11.5 Å². The highest BCUT2D eigenvalue weighted by Crippen LogP contribution is 2.27. The molecule has 3 aromatic heterocycles. The average Bonchev–Trinajstić information content (AvgIpc) is 3.22. The van der Waals surface area contributed by atoms with Crippen LogP contribution in [0, 0.1) is 18.2 Å². The van der Waals surface area contributed by atoms with Crippen molar-refractivity contribution in [2.75, 3.05) is 12.8 Å². The molecule has 4 rings (SSSR count). The topological polar surface area (TPSA) is 105 Å². The fourth-order valence-corrected chi connectivity index (χ4v) is 3.08. The number of anilines is 1. The Morgan fingerprint density at radius 3 is 2.65 bits per heavy atom. The van der Waals surface area contributed by atoms with Crippen molar-refractivity contribution in [1.82, 2.24) is 29.9 Å². The molecular formula is C22H18FN7O. The third-order valence-electron chi connectivity index (χ3n) is 4.46. The fourth-order valence-electron chi connectivity index (χ4n) is 3.08. The summed E-state index contributed by atoms with van der Waals surface area (Å²) in [6.07, 6.45) is 7.07. The molecule has 154 valence electrons. The molecule has 4 aromatic rings. The van der Waals surface area contributed by atoms with Gasteiger partial charge in [-0.3, -0.25) is 4.98 Å². The molecule has 0 saturated heterocycles. The van der Waals surface area contributed by atoms with Crippen LogP contribution >= 0.6 is 0 Å². The summed E-state index contributed by atoms with van der Waals surface area (Å²) in [5, 5.41) is 8.30. The first kappa shape index (κ1) is 20.1. The molecule has 31 heavy (non-hydrogen) atoms. The van der Waals surface area contributed by atoms with E-state index in [-0.39, 0.29) is 17.1 Å². The number of methoxy groups -OCH3 is 1. The Bertz CT molecular complexity index is 1280. The Morgan fingerprint density at radius 2 is 1.84 bits per heavy atom. The van der Waals surface area contributed by atoms with Crippen LogP contribution in [-0.2, 0) is 17.9 Å². The van der Waals surface area contributed by atoms with Crippen LogP contribution < -0.4 is 5.73 Å². The molecule has 0 saturated carbocycles. The van der Waals surface area contributed by atoms with Crippen molar-refractivity contribution < 1.29 is 9.13 Å². The van der Waals surface area contributed by atoms with E-state index in [1.54, 1.807) is 36.2 Å². The lowest BCUT2D eigenvalue weighted by Crippen LogP contribution is -2.04. The maximum atomic E-state index is 14.7. The van der Waals surface area contributed by atoms with Gasteiger partial charge in [-0.25, -0.2) is 19.0 Å². The lowest BCUT2D eigenvalue weighted by atomic mass is 10.1. The Morgan fingerprint density at radius 1 is 1.06 bits per heavy atom. The molecule has 0 aliphatic rings. The van der Waals surface area contributed by atoms with Crippen LogP contribution in [-0.4, -0.2) is 37.1 Å². The van der Waals surface area contributed by atoms with Crippen molar-refractivity contribution in [2.24, 2.45) is 0 Å². The average molecular weight is 415 g/mol. The Balaban J connectivity index is 1.64. The number of nitrogens with zero attached hydrogens (tertiary/aromatic N) is 6. The van der Waals surface area contributed by atoms with Crippen LogP contribution in [0.1, 0.15) is 17.0 Å². The van der Waals surface area contributed by atoms with Crippen LogP contribution in [0.5, 0.6) is 0 Å². The largest absolute Gasteiger partial charge is 0.378 e. The van der Waals surface area contributed by atoms with E-state index in [2.05, 4.69) is 31.2 Å². The molecule has 0 atom stereocenters. The summed E-state index contributed by atoms with van der Waals surface area (Å²) < 4.78 is 21.4. The summed E-state index contributed by atoms with van der Waals surface area (Å²) in [7, 11) is 1.62. The molecule has 0 amide bonds. The van der Waals surface area contributed by atoms with E-state index in [4.69, 9.17) is 16.9 Å². The van der Waals surface area contributed by atoms with Gasteiger partial charge in [0.15, 0.2) is 0 Å². The number of benzene rings is 1. The number of aromatic nitrogens is 6. The normalized spacial score (nSPS) is 10.7. The second kappa shape index (κ2) is 8.69. The predicted octanol–water partition coefficient (Wildman–Crippen LogP) is 2.69. The maximum Gasteiger partial charge on any atom is 0.221 e. The number of nitrogen functional groups attached to an aromatic ring is 1. The molecule has 0 spiro atoms. The molecular weight excluding hydrogens is 397 g/mol. The number of hydrogen-bond acceptors (Lipinski definition) is 7. The van der Waals surface area contributed by atoms with E-state index in [9.17, 15) is 4.39 Å².